The van der Waals surface area contributed by atoms with E-state index in [0.29, 0.717) is 43.5 Å². The first-order valence-corrected chi connectivity index (χ1v) is 11.6. The Morgan fingerprint density at radius 2 is 1.68 bits per heavy atom. The maximum Gasteiger partial charge on any atom is 0.258 e. The van der Waals surface area contributed by atoms with Crippen molar-refractivity contribution in [3.05, 3.63) is 99.4 Å². The van der Waals surface area contributed by atoms with Crippen LogP contribution >= 0.6 is 34.5 Å². The van der Waals surface area contributed by atoms with Crippen molar-refractivity contribution >= 4 is 56.5 Å². The molecule has 1 amide bonds. The minimum atomic E-state index is -0.729. The quantitative estimate of drug-likeness (QED) is 0.267. The standard InChI is InChI=1S/C25H13Cl2F2N3OS/c26-13-5-7-16(19(27)9-13)22-11-18(15-3-1-2-4-21(15)30-22)24(33)32-25-31-23(12-34-25)17-8-6-14(28)10-20(17)29/h1-12H,(H,31,32,33). The monoisotopic (exact) mass is 511 g/mol. The molecule has 5 rings (SSSR count). The van der Waals surface area contributed by atoms with Gasteiger partial charge in [-0.25, -0.2) is 18.7 Å². The molecule has 5 aromatic rings. The van der Waals surface area contributed by atoms with Gasteiger partial charge in [0, 0.05) is 33.0 Å². The maximum atomic E-state index is 14.1. The van der Waals surface area contributed by atoms with Crippen molar-refractivity contribution in [3.8, 4) is 22.5 Å². The van der Waals surface area contributed by atoms with Crippen molar-refractivity contribution in [3.63, 3.8) is 0 Å². The lowest BCUT2D eigenvalue weighted by atomic mass is 10.0. The smallest absolute Gasteiger partial charge is 0.258 e. The fourth-order valence-corrected chi connectivity index (χ4v) is 4.73. The summed E-state index contributed by atoms with van der Waals surface area (Å²) in [6.07, 6.45) is 0. The molecule has 0 bridgehead atoms. The van der Waals surface area contributed by atoms with Crippen molar-refractivity contribution in [2.45, 2.75) is 0 Å². The first-order chi connectivity index (χ1) is 16.4. The number of pyridine rings is 1. The van der Waals surface area contributed by atoms with Gasteiger partial charge in [0.25, 0.3) is 5.91 Å². The van der Waals surface area contributed by atoms with E-state index in [0.717, 1.165) is 23.5 Å². The molecule has 4 nitrogen and oxygen atoms in total. The topological polar surface area (TPSA) is 54.9 Å². The van der Waals surface area contributed by atoms with E-state index < -0.39 is 17.5 Å². The first kappa shape index (κ1) is 22.4. The number of para-hydroxylation sites is 1. The Morgan fingerprint density at radius 1 is 0.882 bits per heavy atom. The molecule has 0 radical (unpaired) electrons. The predicted molar refractivity (Wildman–Crippen MR) is 133 cm³/mol. The van der Waals surface area contributed by atoms with Crippen LogP contribution in [-0.4, -0.2) is 15.9 Å². The van der Waals surface area contributed by atoms with Crippen LogP contribution in [0.2, 0.25) is 10.0 Å². The van der Waals surface area contributed by atoms with E-state index >= 15 is 0 Å². The number of anilines is 1. The highest BCUT2D eigenvalue weighted by atomic mass is 35.5. The summed E-state index contributed by atoms with van der Waals surface area (Å²) in [6, 6.07) is 17.2. The van der Waals surface area contributed by atoms with Gasteiger partial charge in [-0.2, -0.15) is 0 Å². The number of halogens is 4. The molecule has 2 aromatic heterocycles. The Kier molecular flexibility index (Phi) is 6.00. The number of hydrogen-bond acceptors (Lipinski definition) is 4. The summed E-state index contributed by atoms with van der Waals surface area (Å²) < 4.78 is 27.3. The van der Waals surface area contributed by atoms with Gasteiger partial charge in [0.2, 0.25) is 0 Å². The average molecular weight is 512 g/mol. The molecule has 0 fully saturated rings. The second-order valence-corrected chi connectivity index (χ2v) is 9.01. The normalized spacial score (nSPS) is 11.1. The maximum absolute atomic E-state index is 14.1. The second kappa shape index (κ2) is 9.10. The molecule has 3 aromatic carbocycles. The summed E-state index contributed by atoms with van der Waals surface area (Å²) in [5, 5.41) is 6.18. The number of hydrogen-bond donors (Lipinski definition) is 1. The molecular formula is C25H13Cl2F2N3OS. The van der Waals surface area contributed by atoms with Crippen LogP contribution in [0.5, 0.6) is 0 Å². The van der Waals surface area contributed by atoms with Crippen molar-refractivity contribution in [1.29, 1.82) is 0 Å². The summed E-state index contributed by atoms with van der Waals surface area (Å²) >= 11 is 13.5. The number of carbonyl (C=O) groups excluding carboxylic acids is 1. The highest BCUT2D eigenvalue weighted by Gasteiger charge is 2.18. The highest BCUT2D eigenvalue weighted by molar-refractivity contribution is 7.14. The highest BCUT2D eigenvalue weighted by Crippen LogP contribution is 2.33. The summed E-state index contributed by atoms with van der Waals surface area (Å²) in [7, 11) is 0. The van der Waals surface area contributed by atoms with Crippen LogP contribution < -0.4 is 5.32 Å². The molecule has 9 heteroatoms. The van der Waals surface area contributed by atoms with Crippen molar-refractivity contribution in [2.75, 3.05) is 5.32 Å². The molecule has 0 atom stereocenters. The molecule has 0 saturated heterocycles. The third-order valence-electron chi connectivity index (χ3n) is 5.10. The van der Waals surface area contributed by atoms with E-state index in [9.17, 15) is 13.6 Å². The van der Waals surface area contributed by atoms with E-state index in [1.807, 2.05) is 12.1 Å². The number of amides is 1. The van der Waals surface area contributed by atoms with Gasteiger partial charge in [-0.1, -0.05) is 41.4 Å². The van der Waals surface area contributed by atoms with Gasteiger partial charge >= 0.3 is 0 Å². The van der Waals surface area contributed by atoms with E-state index in [4.69, 9.17) is 23.2 Å². The van der Waals surface area contributed by atoms with Gasteiger partial charge < -0.3 is 0 Å². The summed E-state index contributed by atoms with van der Waals surface area (Å²) in [5.41, 5.74) is 2.58. The van der Waals surface area contributed by atoms with Gasteiger partial charge in [-0.15, -0.1) is 11.3 Å². The minimum absolute atomic E-state index is 0.146. The number of fused-ring (bicyclic) bond motifs is 1. The second-order valence-electron chi connectivity index (χ2n) is 7.31. The minimum Gasteiger partial charge on any atom is -0.298 e. The summed E-state index contributed by atoms with van der Waals surface area (Å²) in [5.74, 6) is -1.82. The molecule has 0 aliphatic heterocycles. The molecule has 0 aliphatic rings. The fourth-order valence-electron chi connectivity index (χ4n) is 3.51. The lowest BCUT2D eigenvalue weighted by Gasteiger charge is -2.11. The molecule has 34 heavy (non-hydrogen) atoms. The Hall–Kier alpha value is -3.39. The number of rotatable bonds is 4. The summed E-state index contributed by atoms with van der Waals surface area (Å²) in [6.45, 7) is 0. The van der Waals surface area contributed by atoms with Crippen LogP contribution in [0.25, 0.3) is 33.4 Å². The number of carbonyl (C=O) groups is 1. The van der Waals surface area contributed by atoms with Crippen LogP contribution in [0.15, 0.2) is 72.1 Å². The van der Waals surface area contributed by atoms with Crippen molar-refractivity contribution in [2.24, 2.45) is 0 Å². The Labute approximate surface area is 206 Å². The average Bonchev–Trinajstić information content (AvgIpc) is 3.26. The van der Waals surface area contributed by atoms with Gasteiger partial charge in [-0.3, -0.25) is 10.1 Å². The largest absolute Gasteiger partial charge is 0.298 e. The van der Waals surface area contributed by atoms with Crippen LogP contribution in [0, 0.1) is 11.6 Å². The number of aromatic nitrogens is 2. The molecule has 0 spiro atoms. The first-order valence-electron chi connectivity index (χ1n) is 9.96. The third kappa shape index (κ3) is 4.37. The zero-order valence-electron chi connectivity index (χ0n) is 17.2. The van der Waals surface area contributed by atoms with Gasteiger partial charge in [-0.05, 0) is 42.5 Å². The molecule has 2 heterocycles. The molecule has 0 saturated carbocycles. The molecule has 168 valence electrons. The lowest BCUT2D eigenvalue weighted by molar-refractivity contribution is 0.102. The van der Waals surface area contributed by atoms with Crippen molar-refractivity contribution < 1.29 is 13.6 Å². The molecule has 1 N–H and O–H groups in total. The van der Waals surface area contributed by atoms with Gasteiger partial charge in [0.15, 0.2) is 5.13 Å². The van der Waals surface area contributed by atoms with Crippen LogP contribution in [0.1, 0.15) is 10.4 Å². The Balaban J connectivity index is 1.52. The van der Waals surface area contributed by atoms with E-state index in [1.165, 1.54) is 6.07 Å². The number of nitrogens with zero attached hydrogens (tertiary/aromatic N) is 2. The molecule has 0 unspecified atom stereocenters. The zero-order valence-corrected chi connectivity index (χ0v) is 19.5. The van der Waals surface area contributed by atoms with Gasteiger partial charge in [0.05, 0.1) is 27.5 Å². The Morgan fingerprint density at radius 3 is 2.47 bits per heavy atom. The van der Waals surface area contributed by atoms with Crippen LogP contribution in [0.3, 0.4) is 0 Å². The SMILES string of the molecule is O=C(Nc1nc(-c2ccc(F)cc2F)cs1)c1cc(-c2ccc(Cl)cc2Cl)nc2ccccc12. The van der Waals surface area contributed by atoms with Crippen LogP contribution in [0.4, 0.5) is 13.9 Å². The zero-order chi connectivity index (χ0) is 23.8. The number of nitrogens with one attached hydrogen (secondary N) is 1. The lowest BCUT2D eigenvalue weighted by Crippen LogP contribution is -2.13. The molecule has 0 aliphatic carbocycles. The number of thiazole rings is 1. The summed E-state index contributed by atoms with van der Waals surface area (Å²) in [4.78, 5) is 22.2. The van der Waals surface area contributed by atoms with Gasteiger partial charge in [0.1, 0.15) is 11.6 Å². The Bertz CT molecular complexity index is 1570. The molecular weight excluding hydrogens is 499 g/mol. The predicted octanol–water partition coefficient (Wildman–Crippen LogP) is 7.86. The third-order valence-corrected chi connectivity index (χ3v) is 6.41. The number of benzene rings is 3. The van der Waals surface area contributed by atoms with E-state index in [-0.39, 0.29) is 10.7 Å². The fraction of sp³-hybridized carbons (Fsp3) is 0. The van der Waals surface area contributed by atoms with E-state index in [1.54, 1.807) is 41.8 Å². The van der Waals surface area contributed by atoms with Crippen molar-refractivity contribution in [1.82, 2.24) is 9.97 Å². The van der Waals surface area contributed by atoms with E-state index in [2.05, 4.69) is 15.3 Å². The van der Waals surface area contributed by atoms with Crippen LogP contribution in [-0.2, 0) is 0 Å².